The molecule has 1 heterocycles. The summed E-state index contributed by atoms with van der Waals surface area (Å²) in [6.07, 6.45) is 0. The summed E-state index contributed by atoms with van der Waals surface area (Å²) in [5, 5.41) is 0. The molecule has 1 aliphatic rings. The third kappa shape index (κ3) is 2.64. The SMILES string of the molecule is COC(=O)c1cc(Br)c(F)c(N2CCOCC2)c1. The minimum Gasteiger partial charge on any atom is -0.465 e. The zero-order valence-corrected chi connectivity index (χ0v) is 11.5. The predicted molar refractivity (Wildman–Crippen MR) is 68.5 cm³/mol. The first-order valence-electron chi connectivity index (χ1n) is 5.53. The normalized spacial score (nSPS) is 15.6. The van der Waals surface area contributed by atoms with Gasteiger partial charge in [0, 0.05) is 13.1 Å². The molecule has 0 aliphatic carbocycles. The minimum absolute atomic E-state index is 0.256. The second kappa shape index (κ2) is 5.67. The molecule has 0 amide bonds. The van der Waals surface area contributed by atoms with Gasteiger partial charge in [-0.1, -0.05) is 0 Å². The summed E-state index contributed by atoms with van der Waals surface area (Å²) >= 11 is 3.12. The van der Waals surface area contributed by atoms with Crippen molar-refractivity contribution in [2.75, 3.05) is 38.3 Å². The average Bonchev–Trinajstić information content (AvgIpc) is 2.41. The van der Waals surface area contributed by atoms with Crippen LogP contribution in [-0.4, -0.2) is 39.4 Å². The summed E-state index contributed by atoms with van der Waals surface area (Å²) in [7, 11) is 1.30. The Labute approximate surface area is 113 Å². The molecule has 2 rings (SSSR count). The lowest BCUT2D eigenvalue weighted by molar-refractivity contribution is 0.0600. The van der Waals surface area contributed by atoms with Gasteiger partial charge in [-0.25, -0.2) is 9.18 Å². The van der Waals surface area contributed by atoms with Crippen molar-refractivity contribution >= 4 is 27.6 Å². The number of carbonyl (C=O) groups is 1. The van der Waals surface area contributed by atoms with Gasteiger partial charge in [-0.2, -0.15) is 0 Å². The number of anilines is 1. The van der Waals surface area contributed by atoms with Crippen LogP contribution in [0.1, 0.15) is 10.4 Å². The number of rotatable bonds is 2. The average molecular weight is 318 g/mol. The molecule has 1 aliphatic heterocycles. The van der Waals surface area contributed by atoms with Crippen LogP contribution in [-0.2, 0) is 9.47 Å². The molecule has 0 aromatic heterocycles. The van der Waals surface area contributed by atoms with E-state index in [1.165, 1.54) is 19.2 Å². The van der Waals surface area contributed by atoms with Crippen molar-refractivity contribution in [2.45, 2.75) is 0 Å². The van der Waals surface area contributed by atoms with Crippen molar-refractivity contribution in [1.29, 1.82) is 0 Å². The maximum atomic E-state index is 14.1. The van der Waals surface area contributed by atoms with E-state index >= 15 is 0 Å². The van der Waals surface area contributed by atoms with Gasteiger partial charge in [0.1, 0.15) is 0 Å². The number of ether oxygens (including phenoxy) is 2. The van der Waals surface area contributed by atoms with Gasteiger partial charge in [-0.15, -0.1) is 0 Å². The minimum atomic E-state index is -0.481. The molecule has 98 valence electrons. The van der Waals surface area contributed by atoms with Crippen LogP contribution in [0, 0.1) is 5.82 Å². The quantitative estimate of drug-likeness (QED) is 0.784. The molecule has 4 nitrogen and oxygen atoms in total. The van der Waals surface area contributed by atoms with Crippen LogP contribution < -0.4 is 4.90 Å². The smallest absolute Gasteiger partial charge is 0.337 e. The fourth-order valence-electron chi connectivity index (χ4n) is 1.84. The number of methoxy groups -OCH3 is 1. The molecule has 0 atom stereocenters. The summed E-state index contributed by atoms with van der Waals surface area (Å²) in [4.78, 5) is 13.4. The molecule has 1 fully saturated rings. The van der Waals surface area contributed by atoms with E-state index in [0.29, 0.717) is 37.6 Å². The molecule has 0 bridgehead atoms. The molecule has 0 radical (unpaired) electrons. The Morgan fingerprint density at radius 1 is 1.44 bits per heavy atom. The molecule has 0 saturated carbocycles. The van der Waals surface area contributed by atoms with Crippen LogP contribution >= 0.6 is 15.9 Å². The highest BCUT2D eigenvalue weighted by Crippen LogP contribution is 2.29. The summed E-state index contributed by atoms with van der Waals surface area (Å²) in [6.45, 7) is 2.32. The Hall–Kier alpha value is -1.14. The lowest BCUT2D eigenvalue weighted by atomic mass is 10.1. The van der Waals surface area contributed by atoms with Gasteiger partial charge in [0.05, 0.1) is 36.0 Å². The molecule has 1 saturated heterocycles. The lowest BCUT2D eigenvalue weighted by Crippen LogP contribution is -2.37. The summed E-state index contributed by atoms with van der Waals surface area (Å²) < 4.78 is 24.2. The van der Waals surface area contributed by atoms with Crippen LogP contribution in [0.15, 0.2) is 16.6 Å². The van der Waals surface area contributed by atoms with Crippen LogP contribution in [0.4, 0.5) is 10.1 Å². The largest absolute Gasteiger partial charge is 0.465 e. The fourth-order valence-corrected chi connectivity index (χ4v) is 2.29. The molecule has 18 heavy (non-hydrogen) atoms. The van der Waals surface area contributed by atoms with Gasteiger partial charge in [0.15, 0.2) is 5.82 Å². The van der Waals surface area contributed by atoms with Crippen LogP contribution in [0.5, 0.6) is 0 Å². The lowest BCUT2D eigenvalue weighted by Gasteiger charge is -2.29. The molecular formula is C12H13BrFNO3. The molecular weight excluding hydrogens is 305 g/mol. The number of esters is 1. The first-order chi connectivity index (χ1) is 8.63. The number of carbonyl (C=O) groups excluding carboxylic acids is 1. The molecule has 1 aromatic rings. The summed E-state index contributed by atoms with van der Waals surface area (Å²) in [5.41, 5.74) is 0.723. The standard InChI is InChI=1S/C12H13BrFNO3/c1-17-12(16)8-6-9(13)11(14)10(7-8)15-2-4-18-5-3-15/h6-7H,2-5H2,1H3. The van der Waals surface area contributed by atoms with E-state index in [1.54, 1.807) is 0 Å². The molecule has 1 aromatic carbocycles. The number of hydrogen-bond donors (Lipinski definition) is 0. The van der Waals surface area contributed by atoms with Gasteiger partial charge in [0.2, 0.25) is 0 Å². The van der Waals surface area contributed by atoms with E-state index in [-0.39, 0.29) is 10.3 Å². The van der Waals surface area contributed by atoms with Gasteiger partial charge in [-0.3, -0.25) is 0 Å². The van der Waals surface area contributed by atoms with Crippen LogP contribution in [0.25, 0.3) is 0 Å². The Bertz CT molecular complexity index is 461. The second-order valence-electron chi connectivity index (χ2n) is 3.88. The Morgan fingerprint density at radius 2 is 2.11 bits per heavy atom. The van der Waals surface area contributed by atoms with E-state index in [9.17, 15) is 9.18 Å². The third-order valence-electron chi connectivity index (χ3n) is 2.78. The first kappa shape index (κ1) is 13.3. The number of halogens is 2. The second-order valence-corrected chi connectivity index (χ2v) is 4.74. The molecule has 0 unspecified atom stereocenters. The predicted octanol–water partition coefficient (Wildman–Crippen LogP) is 2.21. The van der Waals surface area contributed by atoms with E-state index in [0.717, 1.165) is 0 Å². The van der Waals surface area contributed by atoms with Gasteiger partial charge < -0.3 is 14.4 Å². The van der Waals surface area contributed by atoms with E-state index in [2.05, 4.69) is 20.7 Å². The van der Waals surface area contributed by atoms with Gasteiger partial charge in [0.25, 0.3) is 0 Å². The third-order valence-corrected chi connectivity index (χ3v) is 3.36. The highest BCUT2D eigenvalue weighted by atomic mass is 79.9. The van der Waals surface area contributed by atoms with Crippen molar-refractivity contribution in [1.82, 2.24) is 0 Å². The zero-order chi connectivity index (χ0) is 13.1. The van der Waals surface area contributed by atoms with E-state index < -0.39 is 5.97 Å². The van der Waals surface area contributed by atoms with Crippen LogP contribution in [0.2, 0.25) is 0 Å². The van der Waals surface area contributed by atoms with Crippen molar-refractivity contribution < 1.29 is 18.7 Å². The van der Waals surface area contributed by atoms with E-state index in [4.69, 9.17) is 4.74 Å². The van der Waals surface area contributed by atoms with E-state index in [1.807, 2.05) is 4.90 Å². The molecule has 0 spiro atoms. The number of benzene rings is 1. The Morgan fingerprint density at radius 3 is 2.72 bits per heavy atom. The van der Waals surface area contributed by atoms with Crippen molar-refractivity contribution in [2.24, 2.45) is 0 Å². The molecule has 6 heteroatoms. The highest BCUT2D eigenvalue weighted by Gasteiger charge is 2.20. The van der Waals surface area contributed by atoms with Crippen LogP contribution in [0.3, 0.4) is 0 Å². The number of hydrogen-bond acceptors (Lipinski definition) is 4. The zero-order valence-electron chi connectivity index (χ0n) is 9.91. The molecule has 0 N–H and O–H groups in total. The number of nitrogens with zero attached hydrogens (tertiary/aromatic N) is 1. The van der Waals surface area contributed by atoms with Crippen molar-refractivity contribution in [3.05, 3.63) is 28.0 Å². The summed E-state index contributed by atoms with van der Waals surface area (Å²) in [6, 6.07) is 2.93. The van der Waals surface area contributed by atoms with Crippen molar-refractivity contribution in [3.8, 4) is 0 Å². The topological polar surface area (TPSA) is 38.8 Å². The summed E-state index contributed by atoms with van der Waals surface area (Å²) in [5.74, 6) is -0.852. The maximum absolute atomic E-state index is 14.1. The Balaban J connectivity index is 2.38. The highest BCUT2D eigenvalue weighted by molar-refractivity contribution is 9.10. The van der Waals surface area contributed by atoms with Gasteiger partial charge in [-0.05, 0) is 28.1 Å². The Kier molecular flexibility index (Phi) is 4.19. The van der Waals surface area contributed by atoms with Gasteiger partial charge >= 0.3 is 5.97 Å². The maximum Gasteiger partial charge on any atom is 0.337 e. The van der Waals surface area contributed by atoms with Crippen molar-refractivity contribution in [3.63, 3.8) is 0 Å². The monoisotopic (exact) mass is 317 g/mol. The first-order valence-corrected chi connectivity index (χ1v) is 6.33. The number of morpholine rings is 1. The fraction of sp³-hybridized carbons (Fsp3) is 0.417.